The highest BCUT2D eigenvalue weighted by Gasteiger charge is 2.47. The Bertz CT molecular complexity index is 3940. The predicted molar refractivity (Wildman–Crippen MR) is 282 cm³/mol. The van der Waals surface area contributed by atoms with Crippen molar-refractivity contribution in [2.75, 3.05) is 0 Å². The van der Waals surface area contributed by atoms with E-state index < -0.39 is 5.41 Å². The number of nitrogens with zero attached hydrogens (tertiary/aromatic N) is 1. The quantitative estimate of drug-likeness (QED) is 0.156. The maximum absolute atomic E-state index is 7.10. The first-order valence-corrected chi connectivity index (χ1v) is 23.6. The molecule has 0 amide bonds. The van der Waals surface area contributed by atoms with E-state index in [1.165, 1.54) is 60.1 Å². The molecular formula is C66H41NO2. The fourth-order valence-corrected chi connectivity index (χ4v) is 11.3. The highest BCUT2D eigenvalue weighted by molar-refractivity contribution is 6.25. The van der Waals surface area contributed by atoms with Crippen molar-refractivity contribution in [3.8, 4) is 78.9 Å². The Morgan fingerprint density at radius 3 is 1.52 bits per heavy atom. The minimum Gasteiger partial charge on any atom is -0.449 e. The van der Waals surface area contributed by atoms with Gasteiger partial charge in [0, 0.05) is 16.7 Å². The second kappa shape index (κ2) is 15.5. The molecule has 0 spiro atoms. The number of para-hydroxylation sites is 1. The summed E-state index contributed by atoms with van der Waals surface area (Å²) in [6.45, 7) is 0. The van der Waals surface area contributed by atoms with Gasteiger partial charge in [0.25, 0.3) is 0 Å². The fourth-order valence-electron chi connectivity index (χ4n) is 11.3. The van der Waals surface area contributed by atoms with E-state index in [1.54, 1.807) is 0 Å². The Morgan fingerprint density at radius 1 is 0.275 bits per heavy atom. The van der Waals surface area contributed by atoms with Gasteiger partial charge in [-0.2, -0.15) is 0 Å². The minimum atomic E-state index is -0.559. The van der Waals surface area contributed by atoms with Crippen LogP contribution in [0.15, 0.2) is 249 Å². The second-order valence-electron chi connectivity index (χ2n) is 18.1. The predicted octanol–water partition coefficient (Wildman–Crippen LogP) is 17.5. The lowest BCUT2D eigenvalue weighted by Gasteiger charge is -2.34. The van der Waals surface area contributed by atoms with Crippen molar-refractivity contribution in [3.63, 3.8) is 0 Å². The molecule has 3 nitrogen and oxygen atoms in total. The van der Waals surface area contributed by atoms with E-state index in [0.717, 1.165) is 50.3 Å². The molecule has 2 heterocycles. The first kappa shape index (κ1) is 39.1. The molecule has 14 rings (SSSR count). The number of fused-ring (bicyclic) bond motifs is 11. The van der Waals surface area contributed by atoms with Crippen LogP contribution in [0.4, 0.5) is 0 Å². The molecule has 0 saturated carbocycles. The van der Waals surface area contributed by atoms with Crippen LogP contribution in [0, 0.1) is 0 Å². The summed E-state index contributed by atoms with van der Waals surface area (Å²) in [7, 11) is 0. The van der Waals surface area contributed by atoms with E-state index in [-0.39, 0.29) is 0 Å². The molecule has 1 aliphatic carbocycles. The number of hydrogen-bond donors (Lipinski definition) is 0. The lowest BCUT2D eigenvalue weighted by Crippen LogP contribution is -2.28. The zero-order valence-electron chi connectivity index (χ0n) is 37.4. The van der Waals surface area contributed by atoms with E-state index in [2.05, 4.69) is 237 Å². The van der Waals surface area contributed by atoms with Crippen LogP contribution in [0.2, 0.25) is 0 Å². The number of benzene rings is 11. The van der Waals surface area contributed by atoms with Crippen molar-refractivity contribution in [2.24, 2.45) is 0 Å². The maximum Gasteiger partial charge on any atom is 0.177 e. The van der Waals surface area contributed by atoms with Crippen molar-refractivity contribution in [1.29, 1.82) is 0 Å². The van der Waals surface area contributed by atoms with Gasteiger partial charge < -0.3 is 9.47 Å². The summed E-state index contributed by atoms with van der Waals surface area (Å²) in [6.07, 6.45) is 0. The molecule has 0 bridgehead atoms. The number of ether oxygens (including phenoxy) is 2. The van der Waals surface area contributed by atoms with Gasteiger partial charge in [-0.15, -0.1) is 0 Å². The van der Waals surface area contributed by atoms with Crippen molar-refractivity contribution in [1.82, 2.24) is 4.98 Å². The summed E-state index contributed by atoms with van der Waals surface area (Å²) in [6, 6.07) is 89.0. The Morgan fingerprint density at radius 2 is 0.812 bits per heavy atom. The van der Waals surface area contributed by atoms with E-state index in [9.17, 15) is 0 Å². The number of aromatic nitrogens is 1. The number of rotatable bonds is 6. The second-order valence-corrected chi connectivity index (χ2v) is 18.1. The molecule has 0 fully saturated rings. The average Bonchev–Trinajstić information content (AvgIpc) is 3.71. The molecule has 12 aromatic rings. The van der Waals surface area contributed by atoms with Gasteiger partial charge in [-0.3, -0.25) is 0 Å². The van der Waals surface area contributed by atoms with Crippen LogP contribution in [0.25, 0.3) is 88.2 Å². The molecule has 69 heavy (non-hydrogen) atoms. The zero-order chi connectivity index (χ0) is 45.5. The summed E-state index contributed by atoms with van der Waals surface area (Å²) in [5.74, 6) is 2.75. The van der Waals surface area contributed by atoms with Crippen molar-refractivity contribution < 1.29 is 9.47 Å². The summed E-state index contributed by atoms with van der Waals surface area (Å²) in [5, 5.41) is 7.53. The molecule has 0 N–H and O–H groups in total. The van der Waals surface area contributed by atoms with Crippen LogP contribution < -0.4 is 9.47 Å². The highest BCUT2D eigenvalue weighted by Crippen LogP contribution is 2.60. The molecule has 0 unspecified atom stereocenters. The Hall–Kier alpha value is -9.05. The maximum atomic E-state index is 7.10. The third-order valence-corrected chi connectivity index (χ3v) is 14.4. The topological polar surface area (TPSA) is 31.4 Å². The third-order valence-electron chi connectivity index (χ3n) is 14.4. The molecule has 1 aliphatic heterocycles. The molecule has 11 aromatic carbocycles. The van der Waals surface area contributed by atoms with Crippen LogP contribution in [-0.4, -0.2) is 4.98 Å². The van der Waals surface area contributed by atoms with Gasteiger partial charge in [0.1, 0.15) is 0 Å². The Balaban J connectivity index is 0.889. The Labute approximate surface area is 400 Å². The highest BCUT2D eigenvalue weighted by atomic mass is 16.6. The van der Waals surface area contributed by atoms with Crippen LogP contribution >= 0.6 is 0 Å². The summed E-state index contributed by atoms with van der Waals surface area (Å²) >= 11 is 0. The SMILES string of the molecule is c1ccc(-c2cc(-c3ccc4c5ccccc5c5ccccc5c4c3)cc(-c3cccc(-c4cccc5c4Oc4cc6c(cc4O5)-c4ccccc4C6(c4ccccc4)c4ccccc4)c3)n2)cc1. The van der Waals surface area contributed by atoms with Gasteiger partial charge in [-0.1, -0.05) is 206 Å². The van der Waals surface area contributed by atoms with Crippen molar-refractivity contribution >= 4 is 32.3 Å². The lowest BCUT2D eigenvalue weighted by atomic mass is 9.67. The van der Waals surface area contributed by atoms with Gasteiger partial charge in [0.05, 0.1) is 16.8 Å². The van der Waals surface area contributed by atoms with Gasteiger partial charge in [0.2, 0.25) is 0 Å². The summed E-state index contributed by atoms with van der Waals surface area (Å²) in [4.78, 5) is 5.36. The summed E-state index contributed by atoms with van der Waals surface area (Å²) in [5.41, 5.74) is 14.6. The van der Waals surface area contributed by atoms with Crippen LogP contribution in [0.3, 0.4) is 0 Å². The number of pyridine rings is 1. The molecule has 0 atom stereocenters. The molecule has 1 aromatic heterocycles. The summed E-state index contributed by atoms with van der Waals surface area (Å²) < 4.78 is 14.0. The van der Waals surface area contributed by atoms with Crippen molar-refractivity contribution in [3.05, 3.63) is 271 Å². The van der Waals surface area contributed by atoms with Crippen LogP contribution in [-0.2, 0) is 5.41 Å². The van der Waals surface area contributed by atoms with E-state index >= 15 is 0 Å². The van der Waals surface area contributed by atoms with E-state index in [0.29, 0.717) is 23.0 Å². The fraction of sp³-hybridized carbons (Fsp3) is 0.0152. The normalized spacial score (nSPS) is 13.0. The largest absolute Gasteiger partial charge is 0.449 e. The first-order valence-electron chi connectivity index (χ1n) is 23.6. The first-order chi connectivity index (χ1) is 34.2. The van der Waals surface area contributed by atoms with Crippen LogP contribution in [0.5, 0.6) is 23.0 Å². The molecular weight excluding hydrogens is 839 g/mol. The monoisotopic (exact) mass is 879 g/mol. The lowest BCUT2D eigenvalue weighted by molar-refractivity contribution is 0.360. The van der Waals surface area contributed by atoms with E-state index in [1.807, 2.05) is 12.1 Å². The average molecular weight is 880 g/mol. The Kier molecular flexibility index (Phi) is 8.80. The molecule has 0 saturated heterocycles. The van der Waals surface area contributed by atoms with Gasteiger partial charge >= 0.3 is 0 Å². The van der Waals surface area contributed by atoms with Crippen molar-refractivity contribution in [2.45, 2.75) is 5.41 Å². The van der Waals surface area contributed by atoms with E-state index in [4.69, 9.17) is 14.5 Å². The molecule has 0 radical (unpaired) electrons. The minimum absolute atomic E-state index is 0.559. The molecule has 2 aliphatic rings. The molecule has 3 heteroatoms. The molecule has 322 valence electrons. The van der Waals surface area contributed by atoms with Crippen LogP contribution in [0.1, 0.15) is 22.3 Å². The zero-order valence-corrected chi connectivity index (χ0v) is 37.4. The van der Waals surface area contributed by atoms with Gasteiger partial charge in [-0.25, -0.2) is 4.98 Å². The van der Waals surface area contributed by atoms with Gasteiger partial charge in [0.15, 0.2) is 23.0 Å². The van der Waals surface area contributed by atoms with Gasteiger partial charge in [-0.05, 0) is 125 Å². The number of hydrogen-bond acceptors (Lipinski definition) is 3. The standard InChI is InChI=1S/C66H41NO2/c1-4-18-42(19-5-1)60-38-46(43-34-35-54-52-28-11-10-26-50(52)51-27-12-13-29-53(51)56(54)37-43)39-61(67-60)45-21-16-20-44(36-45)49-31-17-33-62-65(49)69-64-41-59-57(40-63(64)68-62)55-30-14-15-32-58(55)66(59,47-22-6-2-7-23-47)48-24-8-3-9-25-48/h1-41H. The smallest absolute Gasteiger partial charge is 0.177 e. The third kappa shape index (κ3) is 6.11.